The van der Waals surface area contributed by atoms with Gasteiger partial charge in [0.15, 0.2) is 5.69 Å². The Morgan fingerprint density at radius 3 is 2.53 bits per heavy atom. The van der Waals surface area contributed by atoms with E-state index in [0.717, 1.165) is 17.3 Å². The normalized spacial score (nSPS) is 15.2. The Labute approximate surface area is 107 Å². The second kappa shape index (κ2) is 5.02. The summed E-state index contributed by atoms with van der Waals surface area (Å²) >= 11 is 0. The number of anilines is 1. The average molecular weight is 275 g/mol. The van der Waals surface area contributed by atoms with Crippen LogP contribution in [0, 0.1) is 0 Å². The number of aromatic nitrogens is 2. The van der Waals surface area contributed by atoms with Gasteiger partial charge in [-0.1, -0.05) is 0 Å². The van der Waals surface area contributed by atoms with E-state index in [9.17, 15) is 18.0 Å². The molecule has 1 aliphatic carbocycles. The number of alkyl halides is 3. The molecule has 0 amide bonds. The molecule has 1 aromatic heterocycles. The van der Waals surface area contributed by atoms with E-state index in [4.69, 9.17) is 0 Å². The fourth-order valence-electron chi connectivity index (χ4n) is 1.66. The van der Waals surface area contributed by atoms with Crippen molar-refractivity contribution >= 4 is 11.8 Å². The molecule has 0 bridgehead atoms. The quantitative estimate of drug-likeness (QED) is 0.784. The summed E-state index contributed by atoms with van der Waals surface area (Å²) in [7, 11) is 1.19. The SMILES string of the molecule is COC(=O)c1cnc(N(CC(F)(F)F)C2CC2)cn1. The number of hydrogen-bond donors (Lipinski definition) is 0. The van der Waals surface area contributed by atoms with Crippen molar-refractivity contribution in [3.63, 3.8) is 0 Å². The van der Waals surface area contributed by atoms with Gasteiger partial charge in [-0.15, -0.1) is 0 Å². The van der Waals surface area contributed by atoms with Gasteiger partial charge in [-0.25, -0.2) is 14.8 Å². The number of rotatable bonds is 4. The minimum atomic E-state index is -4.30. The van der Waals surface area contributed by atoms with Gasteiger partial charge < -0.3 is 9.64 Å². The van der Waals surface area contributed by atoms with Crippen LogP contribution in [0.1, 0.15) is 23.3 Å². The highest BCUT2D eigenvalue weighted by molar-refractivity contribution is 5.86. The van der Waals surface area contributed by atoms with Gasteiger partial charge in [-0.05, 0) is 12.8 Å². The number of methoxy groups -OCH3 is 1. The minimum Gasteiger partial charge on any atom is -0.464 e. The van der Waals surface area contributed by atoms with Crippen LogP contribution >= 0.6 is 0 Å². The third kappa shape index (κ3) is 3.55. The number of carbonyl (C=O) groups is 1. The van der Waals surface area contributed by atoms with Crippen molar-refractivity contribution in [1.82, 2.24) is 9.97 Å². The summed E-state index contributed by atoms with van der Waals surface area (Å²) in [6.45, 7) is -1.07. The predicted molar refractivity (Wildman–Crippen MR) is 59.8 cm³/mol. The topological polar surface area (TPSA) is 55.3 Å². The Morgan fingerprint density at radius 1 is 1.42 bits per heavy atom. The van der Waals surface area contributed by atoms with Gasteiger partial charge in [0.25, 0.3) is 0 Å². The lowest BCUT2D eigenvalue weighted by Gasteiger charge is -2.24. The Morgan fingerprint density at radius 2 is 2.11 bits per heavy atom. The van der Waals surface area contributed by atoms with Gasteiger partial charge in [0.2, 0.25) is 0 Å². The first kappa shape index (κ1) is 13.6. The van der Waals surface area contributed by atoms with Crippen LogP contribution in [0.2, 0.25) is 0 Å². The molecule has 1 fully saturated rings. The number of hydrogen-bond acceptors (Lipinski definition) is 5. The largest absolute Gasteiger partial charge is 0.464 e. The maximum atomic E-state index is 12.5. The summed E-state index contributed by atoms with van der Waals surface area (Å²) in [5, 5.41) is 0. The lowest BCUT2D eigenvalue weighted by molar-refractivity contribution is -0.120. The lowest BCUT2D eigenvalue weighted by Crippen LogP contribution is -2.36. The first-order valence-electron chi connectivity index (χ1n) is 5.64. The third-order valence-electron chi connectivity index (χ3n) is 2.66. The molecule has 0 saturated heterocycles. The van der Waals surface area contributed by atoms with Crippen LogP contribution in [0.3, 0.4) is 0 Å². The smallest absolute Gasteiger partial charge is 0.405 e. The van der Waals surface area contributed by atoms with E-state index in [0.29, 0.717) is 12.8 Å². The third-order valence-corrected chi connectivity index (χ3v) is 2.66. The molecule has 5 nitrogen and oxygen atoms in total. The standard InChI is InChI=1S/C11H12F3N3O2/c1-19-10(18)8-4-16-9(5-15-8)17(7-2-3-7)6-11(12,13)14/h4-5,7H,2-3,6H2,1H3. The van der Waals surface area contributed by atoms with Crippen molar-refractivity contribution in [1.29, 1.82) is 0 Å². The zero-order chi connectivity index (χ0) is 14.0. The number of ether oxygens (including phenoxy) is 1. The van der Waals surface area contributed by atoms with E-state index in [1.807, 2.05) is 0 Å². The van der Waals surface area contributed by atoms with Crippen LogP contribution < -0.4 is 4.90 Å². The first-order chi connectivity index (χ1) is 8.90. The highest BCUT2D eigenvalue weighted by Gasteiger charge is 2.38. The van der Waals surface area contributed by atoms with Gasteiger partial charge in [0.05, 0.1) is 19.5 Å². The van der Waals surface area contributed by atoms with E-state index >= 15 is 0 Å². The Hall–Kier alpha value is -1.86. The maximum absolute atomic E-state index is 12.5. The van der Waals surface area contributed by atoms with Gasteiger partial charge in [0, 0.05) is 6.04 Å². The summed E-state index contributed by atoms with van der Waals surface area (Å²) in [6.07, 6.45) is -0.610. The van der Waals surface area contributed by atoms with Crippen LogP contribution in [0.25, 0.3) is 0 Å². The second-order valence-electron chi connectivity index (χ2n) is 4.23. The molecule has 0 atom stereocenters. The van der Waals surface area contributed by atoms with Crippen LogP contribution in [0.5, 0.6) is 0 Å². The molecule has 1 heterocycles. The molecule has 0 spiro atoms. The van der Waals surface area contributed by atoms with Gasteiger partial charge >= 0.3 is 12.1 Å². The van der Waals surface area contributed by atoms with E-state index in [2.05, 4.69) is 14.7 Å². The Kier molecular flexibility index (Phi) is 3.59. The molecule has 0 N–H and O–H groups in total. The molecule has 0 aromatic carbocycles. The number of carbonyl (C=O) groups excluding carboxylic acids is 1. The highest BCUT2D eigenvalue weighted by atomic mass is 19.4. The molecular weight excluding hydrogens is 263 g/mol. The van der Waals surface area contributed by atoms with Crippen LogP contribution in [0.4, 0.5) is 19.0 Å². The maximum Gasteiger partial charge on any atom is 0.405 e. The van der Waals surface area contributed by atoms with Crippen molar-refractivity contribution in [3.05, 3.63) is 18.1 Å². The summed E-state index contributed by atoms with van der Waals surface area (Å²) in [5.41, 5.74) is -0.0333. The monoisotopic (exact) mass is 275 g/mol. The molecule has 1 saturated carbocycles. The van der Waals surface area contributed by atoms with Gasteiger partial charge in [-0.3, -0.25) is 0 Å². The van der Waals surface area contributed by atoms with Crippen molar-refractivity contribution in [2.75, 3.05) is 18.6 Å². The summed E-state index contributed by atoms with van der Waals surface area (Å²) in [4.78, 5) is 19.9. The lowest BCUT2D eigenvalue weighted by atomic mass is 10.4. The van der Waals surface area contributed by atoms with Crippen molar-refractivity contribution in [2.45, 2.75) is 25.1 Å². The molecule has 1 aliphatic rings. The summed E-state index contributed by atoms with van der Waals surface area (Å²) in [6, 6.07) is -0.153. The van der Waals surface area contributed by atoms with E-state index < -0.39 is 18.7 Å². The molecule has 1 aromatic rings. The van der Waals surface area contributed by atoms with E-state index in [1.165, 1.54) is 7.11 Å². The number of halogens is 3. The zero-order valence-corrected chi connectivity index (χ0v) is 10.1. The minimum absolute atomic E-state index is 0.0333. The van der Waals surface area contributed by atoms with Crippen LogP contribution in [0.15, 0.2) is 12.4 Å². The van der Waals surface area contributed by atoms with Crippen LogP contribution in [-0.4, -0.2) is 41.8 Å². The predicted octanol–water partition coefficient (Wildman–Crippen LogP) is 1.79. The molecule has 104 valence electrons. The van der Waals surface area contributed by atoms with Gasteiger partial charge in [-0.2, -0.15) is 13.2 Å². The fraction of sp³-hybridized carbons (Fsp3) is 0.545. The Bertz CT molecular complexity index is 457. The molecule has 0 unspecified atom stereocenters. The molecule has 0 radical (unpaired) electrons. The molecule has 0 aliphatic heterocycles. The van der Waals surface area contributed by atoms with Crippen molar-refractivity contribution in [2.24, 2.45) is 0 Å². The summed E-state index contributed by atoms with van der Waals surface area (Å²) in [5.74, 6) is -0.555. The number of nitrogens with zero attached hydrogens (tertiary/aromatic N) is 3. The summed E-state index contributed by atoms with van der Waals surface area (Å²) < 4.78 is 41.9. The van der Waals surface area contributed by atoms with Crippen LogP contribution in [-0.2, 0) is 4.74 Å². The molecule has 19 heavy (non-hydrogen) atoms. The first-order valence-corrected chi connectivity index (χ1v) is 5.64. The average Bonchev–Trinajstić information content (AvgIpc) is 3.18. The van der Waals surface area contributed by atoms with Gasteiger partial charge in [0.1, 0.15) is 12.4 Å². The highest BCUT2D eigenvalue weighted by Crippen LogP contribution is 2.33. The Balaban J connectivity index is 2.16. The zero-order valence-electron chi connectivity index (χ0n) is 10.1. The fourth-order valence-corrected chi connectivity index (χ4v) is 1.66. The molecule has 2 rings (SSSR count). The van der Waals surface area contributed by atoms with Crippen molar-refractivity contribution < 1.29 is 22.7 Å². The van der Waals surface area contributed by atoms with E-state index in [-0.39, 0.29) is 17.6 Å². The number of esters is 1. The molecular formula is C11H12F3N3O2. The van der Waals surface area contributed by atoms with E-state index in [1.54, 1.807) is 0 Å². The van der Waals surface area contributed by atoms with Crippen molar-refractivity contribution in [3.8, 4) is 0 Å². The molecule has 8 heteroatoms. The second-order valence-corrected chi connectivity index (χ2v) is 4.23.